The number of benzene rings is 3. The van der Waals surface area contributed by atoms with Crippen molar-refractivity contribution >= 4 is 58.0 Å². The molecule has 2 atom stereocenters. The van der Waals surface area contributed by atoms with Gasteiger partial charge in [0.15, 0.2) is 21.1 Å². The molecule has 320 valence electrons. The molecule has 1 fully saturated rings. The van der Waals surface area contributed by atoms with Crippen LogP contribution >= 0.6 is 18.9 Å². The number of carbonyl (C=O) groups is 3. The van der Waals surface area contributed by atoms with E-state index in [0.29, 0.717) is 11.4 Å². The highest BCUT2D eigenvalue weighted by molar-refractivity contribution is 7.90. The zero-order chi connectivity index (χ0) is 42.7. The van der Waals surface area contributed by atoms with Crippen LogP contribution in [0.5, 0.6) is 17.2 Å². The Labute approximate surface area is 345 Å². The fourth-order valence-electron chi connectivity index (χ4n) is 4.63. The monoisotopic (exact) mass is 879 g/mol. The maximum absolute atomic E-state index is 13.2. The summed E-state index contributed by atoms with van der Waals surface area (Å²) in [6.07, 6.45) is -0.793. The van der Waals surface area contributed by atoms with Gasteiger partial charge in [0.25, 0.3) is 5.91 Å². The van der Waals surface area contributed by atoms with Crippen LogP contribution in [-0.2, 0) is 60.1 Å². The number of hydrogen-bond acceptors (Lipinski definition) is 17. The number of cyclic esters (lactones) is 1. The fourth-order valence-corrected chi connectivity index (χ4v) is 7.69. The van der Waals surface area contributed by atoms with E-state index in [1.807, 2.05) is 30.3 Å². The van der Waals surface area contributed by atoms with Gasteiger partial charge in [-0.1, -0.05) is 37.8 Å². The Morgan fingerprint density at radius 2 is 1.66 bits per heavy atom. The van der Waals surface area contributed by atoms with Crippen molar-refractivity contribution in [2.45, 2.75) is 58.1 Å². The minimum atomic E-state index is -3.38. The molecule has 2 heterocycles. The van der Waals surface area contributed by atoms with Crippen molar-refractivity contribution in [1.29, 1.82) is 0 Å². The summed E-state index contributed by atoms with van der Waals surface area (Å²) in [5.41, 5.74) is 1.53. The summed E-state index contributed by atoms with van der Waals surface area (Å²) in [4.78, 5) is 56.1. The molecule has 0 bridgehead atoms. The zero-order valence-corrected chi connectivity index (χ0v) is 34.3. The van der Waals surface area contributed by atoms with E-state index in [-0.39, 0.29) is 79.8 Å². The first-order chi connectivity index (χ1) is 27.6. The number of nitrogens with zero attached hydrogens (tertiary/aromatic N) is 1. The van der Waals surface area contributed by atoms with Gasteiger partial charge in [-0.15, -0.1) is 11.3 Å². The van der Waals surface area contributed by atoms with E-state index in [4.69, 9.17) is 42.7 Å². The largest absolute Gasteiger partial charge is 0.489 e. The molecule has 1 saturated heterocycles. The number of alkyl carbamates (subject to hydrolysis) is 1. The van der Waals surface area contributed by atoms with Crippen LogP contribution in [0.1, 0.15) is 49.8 Å². The second kappa shape index (κ2) is 24.5. The van der Waals surface area contributed by atoms with Crippen molar-refractivity contribution in [3.05, 3.63) is 95.0 Å². The van der Waals surface area contributed by atoms with Crippen LogP contribution in [-0.4, -0.2) is 87.5 Å². The van der Waals surface area contributed by atoms with Crippen molar-refractivity contribution in [1.82, 2.24) is 10.3 Å². The van der Waals surface area contributed by atoms with E-state index < -0.39 is 47.6 Å². The van der Waals surface area contributed by atoms with Gasteiger partial charge in [-0.3, -0.25) is 14.7 Å². The third kappa shape index (κ3) is 17.5. The molecular formula is C38H46N3O15PS2. The molecular weight excluding hydrogens is 834 g/mol. The Morgan fingerprint density at radius 1 is 1.03 bits per heavy atom. The van der Waals surface area contributed by atoms with E-state index in [2.05, 4.69) is 15.6 Å². The van der Waals surface area contributed by atoms with E-state index >= 15 is 0 Å². The number of aliphatic hydroxyl groups excluding tert-OH is 1. The summed E-state index contributed by atoms with van der Waals surface area (Å²) in [5.74, 6) is -0.283. The van der Waals surface area contributed by atoms with Gasteiger partial charge in [0.05, 0.1) is 36.5 Å². The SMILES string of the molecule is C.CCOP(=O)(Cc1csc(NC(=O)c2cc(OC[C@H]3CNC(=O)O3)cc(Oc3ccc(S(C)(=O)=O)cc3)c2)n1)OCC.C[C@@H](O)C(=O)OCc1ccccc1.O=C=O. The lowest BCUT2D eigenvalue weighted by atomic mass is 10.2. The number of ether oxygens (including phenoxy) is 4. The highest BCUT2D eigenvalue weighted by atomic mass is 32.2. The smallest absolute Gasteiger partial charge is 0.407 e. The normalized spacial score (nSPS) is 13.6. The van der Waals surface area contributed by atoms with Gasteiger partial charge in [0.2, 0.25) is 0 Å². The van der Waals surface area contributed by atoms with Crippen molar-refractivity contribution in [2.24, 2.45) is 0 Å². The summed E-state index contributed by atoms with van der Waals surface area (Å²) in [7, 11) is -6.76. The summed E-state index contributed by atoms with van der Waals surface area (Å²) >= 11 is 1.15. The standard InChI is InChI=1S/C26H30N3O10PS2.C10H12O3.CO2.CH4/c1-4-36-40(32,37-5-2)15-18-16-41-25(28-18)29-24(30)17-10-20(35-14-22-13-27-26(31)39-22)12-21(11-17)38-19-6-8-23(9-7-19)42(3,33)34;1-8(11)10(12)13-7-9-5-3-2-4-6-9;2-1-3;/h6-12,16,22H,4-5,13-15H2,1-3H3,(H,27,31)(H,28,29,30);2-6,8,11H,7H2,1H3;;1H4/t22-;8-;;/m11../s1. The molecule has 59 heavy (non-hydrogen) atoms. The lowest BCUT2D eigenvalue weighted by Gasteiger charge is -2.15. The van der Waals surface area contributed by atoms with Crippen molar-refractivity contribution in [2.75, 3.05) is 37.9 Å². The maximum atomic E-state index is 13.2. The summed E-state index contributed by atoms with van der Waals surface area (Å²) in [5, 5.41) is 16.0. The number of rotatable bonds is 17. The van der Waals surface area contributed by atoms with Gasteiger partial charge in [0, 0.05) is 23.3 Å². The number of aromatic nitrogens is 1. The number of aliphatic hydroxyl groups is 1. The van der Waals surface area contributed by atoms with E-state index in [1.54, 1.807) is 25.3 Å². The average Bonchev–Trinajstić information content (AvgIpc) is 3.81. The highest BCUT2D eigenvalue weighted by Gasteiger charge is 2.26. The first-order valence-corrected chi connectivity index (χ1v) is 21.8. The van der Waals surface area contributed by atoms with Crippen LogP contribution in [0.4, 0.5) is 9.93 Å². The molecule has 3 N–H and O–H groups in total. The maximum Gasteiger partial charge on any atom is 0.407 e. The van der Waals surface area contributed by atoms with E-state index in [9.17, 15) is 27.4 Å². The molecule has 4 aromatic rings. The Balaban J connectivity index is 0.000000593. The molecule has 3 aromatic carbocycles. The second-order valence-corrected chi connectivity index (χ2v) is 16.7. The summed E-state index contributed by atoms with van der Waals surface area (Å²) in [6.45, 7) is 5.78. The number of nitrogens with one attached hydrogen (secondary N) is 2. The highest BCUT2D eigenvalue weighted by Crippen LogP contribution is 2.51. The molecule has 0 aliphatic carbocycles. The third-order valence-corrected chi connectivity index (χ3v) is 11.1. The Kier molecular flexibility index (Phi) is 20.6. The lowest BCUT2D eigenvalue weighted by Crippen LogP contribution is -2.22. The molecule has 0 radical (unpaired) electrons. The Hall–Kier alpha value is -5.46. The van der Waals surface area contributed by atoms with Gasteiger partial charge in [0.1, 0.15) is 36.6 Å². The fraction of sp³-hybridized carbons (Fsp3) is 0.342. The second-order valence-electron chi connectivity index (χ2n) is 11.8. The van der Waals surface area contributed by atoms with Gasteiger partial charge in [-0.2, -0.15) is 9.59 Å². The first kappa shape index (κ1) is 49.7. The van der Waals surface area contributed by atoms with Crippen molar-refractivity contribution in [3.63, 3.8) is 0 Å². The predicted molar refractivity (Wildman–Crippen MR) is 214 cm³/mol. The minimum absolute atomic E-state index is 0. The molecule has 18 nitrogen and oxygen atoms in total. The van der Waals surface area contributed by atoms with Crippen molar-refractivity contribution < 1.29 is 70.1 Å². The van der Waals surface area contributed by atoms with Gasteiger partial charge in [-0.05, 0) is 62.7 Å². The van der Waals surface area contributed by atoms with Gasteiger partial charge >= 0.3 is 25.8 Å². The number of hydrogen-bond donors (Lipinski definition) is 3. The molecule has 1 aromatic heterocycles. The van der Waals surface area contributed by atoms with Crippen LogP contribution in [0.3, 0.4) is 0 Å². The average molecular weight is 880 g/mol. The van der Waals surface area contributed by atoms with Crippen LogP contribution in [0.2, 0.25) is 0 Å². The molecule has 21 heteroatoms. The molecule has 1 aliphatic rings. The molecule has 0 saturated carbocycles. The molecule has 0 unspecified atom stereocenters. The van der Waals surface area contributed by atoms with E-state index in [0.717, 1.165) is 23.2 Å². The van der Waals surface area contributed by atoms with Crippen LogP contribution in [0.25, 0.3) is 0 Å². The van der Waals surface area contributed by atoms with Gasteiger partial charge in [-0.25, -0.2) is 23.0 Å². The predicted octanol–water partition coefficient (Wildman–Crippen LogP) is 6.01. The van der Waals surface area contributed by atoms with Crippen LogP contribution in [0, 0.1) is 0 Å². The van der Waals surface area contributed by atoms with Gasteiger partial charge < -0.3 is 38.4 Å². The molecule has 2 amide bonds. The number of esters is 1. The summed E-state index contributed by atoms with van der Waals surface area (Å²) < 4.78 is 68.6. The first-order valence-electron chi connectivity index (χ1n) is 17.3. The lowest BCUT2D eigenvalue weighted by molar-refractivity contribution is -0.191. The van der Waals surface area contributed by atoms with Crippen LogP contribution < -0.4 is 20.1 Å². The molecule has 0 spiro atoms. The number of sulfone groups is 1. The molecule has 5 rings (SSSR count). The number of amides is 2. The topological polar surface area (TPSA) is 249 Å². The minimum Gasteiger partial charge on any atom is -0.489 e. The number of anilines is 1. The zero-order valence-electron chi connectivity index (χ0n) is 31.8. The Bertz CT molecular complexity index is 2150. The van der Waals surface area contributed by atoms with E-state index in [1.165, 1.54) is 43.3 Å². The van der Waals surface area contributed by atoms with Crippen LogP contribution in [0.15, 0.2) is 83.1 Å². The Morgan fingerprint density at radius 3 is 2.22 bits per heavy atom. The third-order valence-electron chi connectivity index (χ3n) is 7.16. The quantitative estimate of drug-likeness (QED) is 0.0812. The van der Waals surface area contributed by atoms with Crippen molar-refractivity contribution in [3.8, 4) is 17.2 Å². The number of thiazole rings is 1. The summed E-state index contributed by atoms with van der Waals surface area (Å²) in [6, 6.07) is 19.7. The molecule has 1 aliphatic heterocycles. The number of carbonyl (C=O) groups excluding carboxylic acids is 5.